The van der Waals surface area contributed by atoms with Gasteiger partial charge in [-0.25, -0.2) is 13.4 Å². The van der Waals surface area contributed by atoms with Crippen molar-refractivity contribution in [2.24, 2.45) is 0 Å². The van der Waals surface area contributed by atoms with Crippen LogP contribution in [0, 0.1) is 0 Å². The maximum Gasteiger partial charge on any atom is 0.236 e. The van der Waals surface area contributed by atoms with Crippen LogP contribution in [0.5, 0.6) is 0 Å². The monoisotopic (exact) mass is 422 g/mol. The van der Waals surface area contributed by atoms with Gasteiger partial charge in [0.2, 0.25) is 5.91 Å². The summed E-state index contributed by atoms with van der Waals surface area (Å²) < 4.78 is 24.5. The van der Waals surface area contributed by atoms with E-state index >= 15 is 0 Å². The van der Waals surface area contributed by atoms with Crippen LogP contribution in [0.1, 0.15) is 11.4 Å². The molecule has 9 heteroatoms. The number of hydrogen-bond donors (Lipinski definition) is 0. The van der Waals surface area contributed by atoms with Gasteiger partial charge in [-0.15, -0.1) is 11.3 Å². The minimum atomic E-state index is -2.85. The van der Waals surface area contributed by atoms with Gasteiger partial charge in [-0.2, -0.15) is 0 Å². The Balaban J connectivity index is 1.26. The van der Waals surface area contributed by atoms with Crippen molar-refractivity contribution in [3.63, 3.8) is 0 Å². The predicted molar refractivity (Wildman–Crippen MR) is 111 cm³/mol. The standard InChI is InChI=1S/C19H26N4O3S2/c1-21(12-18-20-16-4-2-3-5-17(16)27-18)19(24)13-22-7-9-23(10-8-22)15-6-11-28(25,26)14-15/h2-5,15H,6-14H2,1H3. The number of fused-ring (bicyclic) bond motifs is 1. The van der Waals surface area contributed by atoms with Gasteiger partial charge in [0.25, 0.3) is 0 Å². The molecule has 2 aliphatic rings. The second-order valence-corrected chi connectivity index (χ2v) is 11.0. The summed E-state index contributed by atoms with van der Waals surface area (Å²) in [6.45, 7) is 4.19. The molecule has 1 atom stereocenters. The molecule has 1 unspecified atom stereocenters. The number of hydrogen-bond acceptors (Lipinski definition) is 7. The Hall–Kier alpha value is -1.55. The Morgan fingerprint density at radius 3 is 2.68 bits per heavy atom. The molecule has 1 aromatic heterocycles. The maximum atomic E-state index is 12.6. The van der Waals surface area contributed by atoms with Crippen LogP contribution in [0.15, 0.2) is 24.3 Å². The Labute approximate surface area is 169 Å². The Kier molecular flexibility index (Phi) is 5.69. The van der Waals surface area contributed by atoms with Gasteiger partial charge in [-0.3, -0.25) is 14.6 Å². The highest BCUT2D eigenvalue weighted by molar-refractivity contribution is 7.91. The summed E-state index contributed by atoms with van der Waals surface area (Å²) in [4.78, 5) is 23.4. The first kappa shape index (κ1) is 19.8. The van der Waals surface area contributed by atoms with E-state index in [1.807, 2.05) is 31.3 Å². The van der Waals surface area contributed by atoms with E-state index in [-0.39, 0.29) is 17.7 Å². The number of rotatable bonds is 5. The number of thiazole rings is 1. The number of piperazine rings is 1. The number of aromatic nitrogens is 1. The summed E-state index contributed by atoms with van der Waals surface area (Å²) in [5.74, 6) is 0.695. The fraction of sp³-hybridized carbons (Fsp3) is 0.579. The molecule has 4 rings (SSSR count). The van der Waals surface area contributed by atoms with E-state index in [0.29, 0.717) is 18.8 Å². The van der Waals surface area contributed by atoms with Crippen LogP contribution in [0.2, 0.25) is 0 Å². The molecule has 2 aliphatic heterocycles. The van der Waals surface area contributed by atoms with E-state index in [9.17, 15) is 13.2 Å². The first-order valence-corrected chi connectivity index (χ1v) is 12.3. The second-order valence-electron chi connectivity index (χ2n) is 7.69. The number of likely N-dealkylation sites (N-methyl/N-ethyl adjacent to an activating group) is 1. The zero-order chi connectivity index (χ0) is 19.7. The number of amides is 1. The van der Waals surface area contributed by atoms with Crippen molar-refractivity contribution in [2.75, 3.05) is 51.3 Å². The largest absolute Gasteiger partial charge is 0.338 e. The summed E-state index contributed by atoms with van der Waals surface area (Å²) in [6.07, 6.45) is 0.742. The Morgan fingerprint density at radius 2 is 2.00 bits per heavy atom. The van der Waals surface area contributed by atoms with Crippen molar-refractivity contribution >= 4 is 37.3 Å². The number of para-hydroxylation sites is 1. The average molecular weight is 423 g/mol. The van der Waals surface area contributed by atoms with E-state index in [1.165, 1.54) is 0 Å². The van der Waals surface area contributed by atoms with Gasteiger partial charge in [0, 0.05) is 39.3 Å². The van der Waals surface area contributed by atoms with Crippen LogP contribution in [-0.2, 0) is 21.2 Å². The number of nitrogens with zero attached hydrogens (tertiary/aromatic N) is 4. The molecule has 2 aromatic rings. The van der Waals surface area contributed by atoms with E-state index in [1.54, 1.807) is 16.2 Å². The molecule has 0 bridgehead atoms. The van der Waals surface area contributed by atoms with Crippen molar-refractivity contribution in [2.45, 2.75) is 19.0 Å². The molecule has 0 aliphatic carbocycles. The summed E-state index contributed by atoms with van der Waals surface area (Å²) >= 11 is 1.63. The molecule has 2 fully saturated rings. The average Bonchev–Trinajstić information content (AvgIpc) is 3.24. The van der Waals surface area contributed by atoms with Crippen LogP contribution in [0.3, 0.4) is 0 Å². The zero-order valence-electron chi connectivity index (χ0n) is 16.1. The van der Waals surface area contributed by atoms with Gasteiger partial charge < -0.3 is 4.90 Å². The van der Waals surface area contributed by atoms with Crippen LogP contribution < -0.4 is 0 Å². The van der Waals surface area contributed by atoms with Gasteiger partial charge in [-0.05, 0) is 18.6 Å². The third kappa shape index (κ3) is 4.53. The fourth-order valence-corrected chi connectivity index (χ4v) is 6.72. The lowest BCUT2D eigenvalue weighted by Crippen LogP contribution is -2.52. The van der Waals surface area contributed by atoms with E-state index in [4.69, 9.17) is 0 Å². The highest BCUT2D eigenvalue weighted by atomic mass is 32.2. The highest BCUT2D eigenvalue weighted by Gasteiger charge is 2.34. The predicted octanol–water partition coefficient (Wildman–Crippen LogP) is 1.06. The maximum absolute atomic E-state index is 12.6. The topological polar surface area (TPSA) is 73.8 Å². The minimum absolute atomic E-state index is 0.0937. The van der Waals surface area contributed by atoms with Crippen molar-refractivity contribution in [1.82, 2.24) is 19.7 Å². The van der Waals surface area contributed by atoms with Crippen LogP contribution >= 0.6 is 11.3 Å². The smallest absolute Gasteiger partial charge is 0.236 e. The van der Waals surface area contributed by atoms with Crippen LogP contribution in [0.25, 0.3) is 10.2 Å². The molecule has 0 saturated carbocycles. The first-order chi connectivity index (χ1) is 13.4. The molecule has 0 radical (unpaired) electrons. The summed E-state index contributed by atoms with van der Waals surface area (Å²) in [5.41, 5.74) is 0.980. The minimum Gasteiger partial charge on any atom is -0.338 e. The molecule has 1 aromatic carbocycles. The van der Waals surface area contributed by atoms with Gasteiger partial charge in [-0.1, -0.05) is 12.1 Å². The van der Waals surface area contributed by atoms with E-state index in [2.05, 4.69) is 14.8 Å². The molecule has 7 nitrogen and oxygen atoms in total. The lowest BCUT2D eigenvalue weighted by atomic mass is 10.2. The highest BCUT2D eigenvalue weighted by Crippen LogP contribution is 2.22. The summed E-state index contributed by atoms with van der Waals surface area (Å²) in [5, 5.41) is 0.948. The van der Waals surface area contributed by atoms with Crippen molar-refractivity contribution in [1.29, 1.82) is 0 Å². The van der Waals surface area contributed by atoms with Gasteiger partial charge in [0.05, 0.1) is 34.8 Å². The lowest BCUT2D eigenvalue weighted by Gasteiger charge is -2.37. The third-order valence-corrected chi connectivity index (χ3v) is 8.40. The number of sulfone groups is 1. The van der Waals surface area contributed by atoms with E-state index < -0.39 is 9.84 Å². The fourth-order valence-electron chi connectivity index (χ4n) is 3.94. The molecule has 3 heterocycles. The molecule has 0 spiro atoms. The molecule has 152 valence electrons. The summed E-state index contributed by atoms with van der Waals surface area (Å²) in [7, 11) is -1.02. The molecular formula is C19H26N4O3S2. The van der Waals surface area contributed by atoms with Crippen molar-refractivity contribution in [3.05, 3.63) is 29.3 Å². The normalized spacial score (nSPS) is 23.2. The van der Waals surface area contributed by atoms with Crippen molar-refractivity contribution < 1.29 is 13.2 Å². The number of carbonyl (C=O) groups is 1. The van der Waals surface area contributed by atoms with Gasteiger partial charge >= 0.3 is 0 Å². The first-order valence-electron chi connectivity index (χ1n) is 9.65. The van der Waals surface area contributed by atoms with Gasteiger partial charge in [0.15, 0.2) is 9.84 Å². The quantitative estimate of drug-likeness (QED) is 0.717. The van der Waals surface area contributed by atoms with Gasteiger partial charge in [0.1, 0.15) is 5.01 Å². The lowest BCUT2D eigenvalue weighted by molar-refractivity contribution is -0.132. The zero-order valence-corrected chi connectivity index (χ0v) is 17.7. The molecule has 28 heavy (non-hydrogen) atoms. The molecule has 0 N–H and O–H groups in total. The second kappa shape index (κ2) is 8.06. The number of benzene rings is 1. The van der Waals surface area contributed by atoms with Crippen LogP contribution in [0.4, 0.5) is 0 Å². The van der Waals surface area contributed by atoms with Crippen LogP contribution in [-0.4, -0.2) is 91.3 Å². The van der Waals surface area contributed by atoms with Crippen molar-refractivity contribution in [3.8, 4) is 0 Å². The summed E-state index contributed by atoms with van der Waals surface area (Å²) in [6, 6.07) is 8.17. The Morgan fingerprint density at radius 1 is 1.25 bits per heavy atom. The number of carbonyl (C=O) groups excluding carboxylic acids is 1. The van der Waals surface area contributed by atoms with E-state index in [0.717, 1.165) is 47.8 Å². The molecular weight excluding hydrogens is 396 g/mol. The Bertz CT molecular complexity index is 918. The molecule has 1 amide bonds. The third-order valence-electron chi connectivity index (χ3n) is 5.63. The molecule has 2 saturated heterocycles. The SMILES string of the molecule is CN(Cc1nc2ccccc2s1)C(=O)CN1CCN(C2CCS(=O)(=O)C2)CC1.